The van der Waals surface area contributed by atoms with Gasteiger partial charge in [-0.25, -0.2) is 15.0 Å². The van der Waals surface area contributed by atoms with Gasteiger partial charge in [-0.05, 0) is 29.8 Å². The molecular formula is C24H21BrN6O2. The average molecular weight is 505 g/mol. The van der Waals surface area contributed by atoms with Gasteiger partial charge >= 0.3 is 0 Å². The molecule has 166 valence electrons. The molecule has 4 aromatic rings. The van der Waals surface area contributed by atoms with Crippen LogP contribution in [0.5, 0.6) is 5.75 Å². The van der Waals surface area contributed by atoms with Gasteiger partial charge in [-0.2, -0.15) is 0 Å². The molecule has 4 heterocycles. The zero-order chi connectivity index (χ0) is 22.8. The van der Waals surface area contributed by atoms with Crippen LogP contribution in [0, 0.1) is 0 Å². The van der Waals surface area contributed by atoms with Crippen LogP contribution >= 0.6 is 15.9 Å². The molecule has 0 spiro atoms. The molecule has 0 aliphatic carbocycles. The predicted octanol–water partition coefficient (Wildman–Crippen LogP) is 3.62. The largest absolute Gasteiger partial charge is 0.496 e. The van der Waals surface area contributed by atoms with E-state index in [-0.39, 0.29) is 5.56 Å². The van der Waals surface area contributed by atoms with Crippen molar-refractivity contribution in [2.24, 2.45) is 0 Å². The average Bonchev–Trinajstić information content (AvgIpc) is 2.85. The highest BCUT2D eigenvalue weighted by Crippen LogP contribution is 2.31. The van der Waals surface area contributed by atoms with Gasteiger partial charge in [0.15, 0.2) is 0 Å². The third kappa shape index (κ3) is 4.55. The zero-order valence-electron chi connectivity index (χ0n) is 18.0. The molecule has 8 nitrogen and oxygen atoms in total. The summed E-state index contributed by atoms with van der Waals surface area (Å²) in [6.45, 7) is 2.07. The highest BCUT2D eigenvalue weighted by molar-refractivity contribution is 9.10. The minimum absolute atomic E-state index is 0.112. The smallest absolute Gasteiger partial charge is 0.255 e. The second kappa shape index (κ2) is 9.21. The Morgan fingerprint density at radius 1 is 1.15 bits per heavy atom. The molecule has 0 saturated carbocycles. The highest BCUT2D eigenvalue weighted by atomic mass is 79.9. The molecule has 0 saturated heterocycles. The molecular weight excluding hydrogens is 484 g/mol. The lowest BCUT2D eigenvalue weighted by Gasteiger charge is -2.27. The van der Waals surface area contributed by atoms with Crippen molar-refractivity contribution in [1.29, 1.82) is 0 Å². The zero-order valence-corrected chi connectivity index (χ0v) is 19.5. The van der Waals surface area contributed by atoms with E-state index in [9.17, 15) is 4.79 Å². The Morgan fingerprint density at radius 3 is 2.76 bits per heavy atom. The standard InChI is InChI=1S/C24H21BrN6O2/c1-33-22-5-3-17(25)8-18(22)20-4-2-15(9-28-20)12-31-7-6-21-19(13-31)24(32)30-23(29-21)16-10-26-14-27-11-16/h2-5,8-11,14H,6-7,12-13H2,1H3,(H,29,30,32). The monoisotopic (exact) mass is 504 g/mol. The SMILES string of the molecule is COc1ccc(Br)cc1-c1ccc(CN2CCc3nc(-c4cncnc4)[nH]c(=O)c3C2)cn1. The Kier molecular flexibility index (Phi) is 5.97. The van der Waals surface area contributed by atoms with E-state index >= 15 is 0 Å². The summed E-state index contributed by atoms with van der Waals surface area (Å²) in [6.07, 6.45) is 7.34. The molecule has 33 heavy (non-hydrogen) atoms. The van der Waals surface area contributed by atoms with Gasteiger partial charge in [0, 0.05) is 54.7 Å². The van der Waals surface area contributed by atoms with Crippen LogP contribution in [-0.2, 0) is 19.5 Å². The molecule has 9 heteroatoms. The van der Waals surface area contributed by atoms with Crippen LogP contribution < -0.4 is 10.3 Å². The Balaban J connectivity index is 1.32. The topological polar surface area (TPSA) is 96.9 Å². The van der Waals surface area contributed by atoms with E-state index in [1.165, 1.54) is 6.33 Å². The molecule has 0 unspecified atom stereocenters. The summed E-state index contributed by atoms with van der Waals surface area (Å²) in [5.41, 5.74) is 5.00. The summed E-state index contributed by atoms with van der Waals surface area (Å²) >= 11 is 3.51. The maximum absolute atomic E-state index is 12.8. The number of aromatic amines is 1. The maximum atomic E-state index is 12.8. The van der Waals surface area contributed by atoms with E-state index in [1.807, 2.05) is 30.5 Å². The van der Waals surface area contributed by atoms with Crippen molar-refractivity contribution in [2.75, 3.05) is 13.7 Å². The quantitative estimate of drug-likeness (QED) is 0.443. The second-order valence-electron chi connectivity index (χ2n) is 7.82. The van der Waals surface area contributed by atoms with E-state index in [0.29, 0.717) is 36.5 Å². The molecule has 0 radical (unpaired) electrons. The number of benzene rings is 1. The number of pyridine rings is 1. The molecule has 5 rings (SSSR count). The Bertz CT molecular complexity index is 1340. The van der Waals surface area contributed by atoms with E-state index in [1.54, 1.807) is 19.5 Å². The number of methoxy groups -OCH3 is 1. The van der Waals surface area contributed by atoms with Gasteiger partial charge in [0.05, 0.1) is 29.6 Å². The van der Waals surface area contributed by atoms with E-state index in [0.717, 1.165) is 39.3 Å². The number of nitrogens with one attached hydrogen (secondary N) is 1. The number of rotatable bonds is 5. The summed E-state index contributed by atoms with van der Waals surface area (Å²) in [5, 5.41) is 0. The Hall–Kier alpha value is -3.43. The number of ether oxygens (including phenoxy) is 1. The molecule has 1 N–H and O–H groups in total. The third-order valence-corrected chi connectivity index (χ3v) is 6.14. The lowest BCUT2D eigenvalue weighted by atomic mass is 10.1. The van der Waals surface area contributed by atoms with Crippen molar-refractivity contribution in [3.8, 4) is 28.4 Å². The fourth-order valence-electron chi connectivity index (χ4n) is 3.99. The summed E-state index contributed by atoms with van der Waals surface area (Å²) in [5.74, 6) is 1.29. The molecule has 0 fully saturated rings. The Morgan fingerprint density at radius 2 is 2.00 bits per heavy atom. The number of hydrogen-bond acceptors (Lipinski definition) is 7. The van der Waals surface area contributed by atoms with Gasteiger partial charge < -0.3 is 9.72 Å². The fourth-order valence-corrected chi connectivity index (χ4v) is 4.35. The first-order chi connectivity index (χ1) is 16.1. The first kappa shape index (κ1) is 21.4. The van der Waals surface area contributed by atoms with Crippen LogP contribution in [0.2, 0.25) is 0 Å². The first-order valence-electron chi connectivity index (χ1n) is 10.5. The van der Waals surface area contributed by atoms with Gasteiger partial charge in [-0.3, -0.25) is 14.7 Å². The van der Waals surface area contributed by atoms with Crippen molar-refractivity contribution >= 4 is 15.9 Å². The molecule has 0 amide bonds. The second-order valence-corrected chi connectivity index (χ2v) is 8.74. The Labute approximate surface area is 198 Å². The lowest BCUT2D eigenvalue weighted by Crippen LogP contribution is -2.35. The lowest BCUT2D eigenvalue weighted by molar-refractivity contribution is 0.241. The van der Waals surface area contributed by atoms with E-state index < -0.39 is 0 Å². The van der Waals surface area contributed by atoms with Crippen LogP contribution in [-0.4, -0.2) is 43.5 Å². The number of hydrogen-bond donors (Lipinski definition) is 1. The molecule has 1 aromatic carbocycles. The summed E-state index contributed by atoms with van der Waals surface area (Å²) in [7, 11) is 1.66. The van der Waals surface area contributed by atoms with Gasteiger partial charge in [-0.1, -0.05) is 22.0 Å². The van der Waals surface area contributed by atoms with Gasteiger partial charge in [0.2, 0.25) is 0 Å². The van der Waals surface area contributed by atoms with Crippen LogP contribution in [0.3, 0.4) is 0 Å². The van der Waals surface area contributed by atoms with Crippen molar-refractivity contribution in [1.82, 2.24) is 29.8 Å². The van der Waals surface area contributed by atoms with Crippen molar-refractivity contribution in [2.45, 2.75) is 19.5 Å². The van der Waals surface area contributed by atoms with Crippen LogP contribution in [0.4, 0.5) is 0 Å². The van der Waals surface area contributed by atoms with Gasteiger partial charge in [0.25, 0.3) is 5.56 Å². The number of halogens is 1. The summed E-state index contributed by atoms with van der Waals surface area (Å²) in [4.78, 5) is 35.2. The van der Waals surface area contributed by atoms with Gasteiger partial charge in [-0.15, -0.1) is 0 Å². The van der Waals surface area contributed by atoms with E-state index in [2.05, 4.69) is 51.8 Å². The first-order valence-corrected chi connectivity index (χ1v) is 11.3. The number of nitrogens with zero attached hydrogens (tertiary/aromatic N) is 5. The number of fused-ring (bicyclic) bond motifs is 1. The van der Waals surface area contributed by atoms with Crippen molar-refractivity contribution in [3.63, 3.8) is 0 Å². The van der Waals surface area contributed by atoms with Crippen LogP contribution in [0.1, 0.15) is 16.8 Å². The normalized spacial score (nSPS) is 13.5. The number of H-pyrrole nitrogens is 1. The van der Waals surface area contributed by atoms with Crippen LogP contribution in [0.25, 0.3) is 22.6 Å². The third-order valence-electron chi connectivity index (χ3n) is 5.65. The maximum Gasteiger partial charge on any atom is 0.255 e. The predicted molar refractivity (Wildman–Crippen MR) is 128 cm³/mol. The number of aromatic nitrogens is 5. The van der Waals surface area contributed by atoms with Gasteiger partial charge in [0.1, 0.15) is 17.9 Å². The van der Waals surface area contributed by atoms with Crippen LogP contribution in [0.15, 0.2) is 64.5 Å². The molecule has 1 aliphatic heterocycles. The summed E-state index contributed by atoms with van der Waals surface area (Å²) < 4.78 is 6.44. The minimum Gasteiger partial charge on any atom is -0.496 e. The highest BCUT2D eigenvalue weighted by Gasteiger charge is 2.22. The summed E-state index contributed by atoms with van der Waals surface area (Å²) in [6, 6.07) is 9.93. The van der Waals surface area contributed by atoms with Crippen molar-refractivity contribution in [3.05, 3.63) is 86.9 Å². The van der Waals surface area contributed by atoms with E-state index in [4.69, 9.17) is 4.74 Å². The molecule has 1 aliphatic rings. The molecule has 3 aromatic heterocycles. The minimum atomic E-state index is -0.112. The molecule has 0 bridgehead atoms. The van der Waals surface area contributed by atoms with Crippen molar-refractivity contribution < 1.29 is 4.74 Å². The fraction of sp³-hybridized carbons (Fsp3) is 0.208. The molecule has 0 atom stereocenters.